The van der Waals surface area contributed by atoms with Crippen LogP contribution in [0, 0.1) is 0 Å². The van der Waals surface area contributed by atoms with Gasteiger partial charge >= 0.3 is 0 Å². The van der Waals surface area contributed by atoms with Crippen molar-refractivity contribution in [2.75, 3.05) is 11.9 Å². The summed E-state index contributed by atoms with van der Waals surface area (Å²) in [6, 6.07) is 10.4. The number of hydrogen-bond acceptors (Lipinski definition) is 3. The van der Waals surface area contributed by atoms with E-state index in [1.54, 1.807) is 6.20 Å². The van der Waals surface area contributed by atoms with Gasteiger partial charge in [0.15, 0.2) is 0 Å². The fourth-order valence-electron chi connectivity index (χ4n) is 2.28. The highest BCUT2D eigenvalue weighted by atomic mass is 79.9. The van der Waals surface area contributed by atoms with Crippen LogP contribution in [0.25, 0.3) is 10.9 Å². The molecular formula is C16H17BrN4. The van der Waals surface area contributed by atoms with Crippen molar-refractivity contribution in [3.05, 3.63) is 52.8 Å². The molecule has 3 rings (SSSR count). The van der Waals surface area contributed by atoms with Gasteiger partial charge in [0.05, 0.1) is 22.7 Å². The second-order valence-electron chi connectivity index (χ2n) is 4.97. The van der Waals surface area contributed by atoms with Gasteiger partial charge in [0.1, 0.15) is 5.82 Å². The first kappa shape index (κ1) is 14.1. The number of pyridine rings is 1. The molecule has 5 heteroatoms. The van der Waals surface area contributed by atoms with E-state index in [0.29, 0.717) is 6.54 Å². The lowest BCUT2D eigenvalue weighted by Gasteiger charge is -2.12. The average molecular weight is 345 g/mol. The van der Waals surface area contributed by atoms with Crippen molar-refractivity contribution >= 4 is 32.7 Å². The minimum atomic E-state index is 0.704. The van der Waals surface area contributed by atoms with Gasteiger partial charge in [-0.2, -0.15) is 5.10 Å². The Balaban J connectivity index is 2.00. The number of hydrogen-bond donors (Lipinski definition) is 1. The Hall–Kier alpha value is -1.88. The summed E-state index contributed by atoms with van der Waals surface area (Å²) >= 11 is 3.43. The molecule has 4 nitrogen and oxygen atoms in total. The van der Waals surface area contributed by atoms with Crippen LogP contribution in [-0.2, 0) is 6.54 Å². The molecule has 21 heavy (non-hydrogen) atoms. The summed E-state index contributed by atoms with van der Waals surface area (Å²) in [4.78, 5) is 4.75. The number of nitrogens with zero attached hydrogens (tertiary/aromatic N) is 3. The number of para-hydroxylation sites is 1. The summed E-state index contributed by atoms with van der Waals surface area (Å²) in [7, 11) is 0. The fourth-order valence-corrected chi connectivity index (χ4v) is 2.60. The SMILES string of the molecule is CCCNc1nc2ccccc2cc1Cn1cc(Br)cn1. The van der Waals surface area contributed by atoms with Crippen molar-refractivity contribution in [2.45, 2.75) is 19.9 Å². The predicted octanol–water partition coefficient (Wildman–Crippen LogP) is 4.06. The zero-order chi connectivity index (χ0) is 14.7. The Kier molecular flexibility index (Phi) is 4.20. The summed E-state index contributed by atoms with van der Waals surface area (Å²) in [5.74, 6) is 0.946. The van der Waals surface area contributed by atoms with Crippen molar-refractivity contribution in [2.24, 2.45) is 0 Å². The summed E-state index contributed by atoms with van der Waals surface area (Å²) in [5, 5.41) is 8.90. The van der Waals surface area contributed by atoms with Gasteiger partial charge < -0.3 is 5.32 Å². The van der Waals surface area contributed by atoms with E-state index in [1.807, 2.05) is 29.1 Å². The van der Waals surface area contributed by atoms with Crippen LogP contribution in [0.1, 0.15) is 18.9 Å². The van der Waals surface area contributed by atoms with Crippen LogP contribution in [0.3, 0.4) is 0 Å². The molecule has 0 spiro atoms. The number of anilines is 1. The molecular weight excluding hydrogens is 328 g/mol. The molecule has 0 aliphatic heterocycles. The maximum absolute atomic E-state index is 4.75. The third-order valence-corrected chi connectivity index (χ3v) is 3.69. The smallest absolute Gasteiger partial charge is 0.131 e. The number of rotatable bonds is 5. The van der Waals surface area contributed by atoms with E-state index in [-0.39, 0.29) is 0 Å². The highest BCUT2D eigenvalue weighted by Gasteiger charge is 2.08. The molecule has 0 atom stereocenters. The lowest BCUT2D eigenvalue weighted by atomic mass is 10.1. The normalized spacial score (nSPS) is 11.0. The van der Waals surface area contributed by atoms with Gasteiger partial charge in [0, 0.05) is 23.7 Å². The molecule has 0 aliphatic rings. The topological polar surface area (TPSA) is 42.7 Å². The lowest BCUT2D eigenvalue weighted by molar-refractivity contribution is 0.686. The standard InChI is InChI=1S/C16H17BrN4/c1-2-7-18-16-13(10-21-11-14(17)9-19-21)8-12-5-3-4-6-15(12)20-16/h3-6,8-9,11H,2,7,10H2,1H3,(H,18,20). The van der Waals surface area contributed by atoms with Crippen molar-refractivity contribution in [1.29, 1.82) is 0 Å². The van der Waals surface area contributed by atoms with Crippen molar-refractivity contribution in [3.8, 4) is 0 Å². The van der Waals surface area contributed by atoms with Crippen molar-refractivity contribution < 1.29 is 0 Å². The van der Waals surface area contributed by atoms with E-state index >= 15 is 0 Å². The maximum atomic E-state index is 4.75. The lowest BCUT2D eigenvalue weighted by Crippen LogP contribution is -2.09. The van der Waals surface area contributed by atoms with Crippen LogP contribution < -0.4 is 5.32 Å². The van der Waals surface area contributed by atoms with Gasteiger partial charge in [-0.3, -0.25) is 4.68 Å². The van der Waals surface area contributed by atoms with Gasteiger partial charge in [0.2, 0.25) is 0 Å². The van der Waals surface area contributed by atoms with Crippen molar-refractivity contribution in [3.63, 3.8) is 0 Å². The third-order valence-electron chi connectivity index (χ3n) is 3.28. The van der Waals surface area contributed by atoms with E-state index in [9.17, 15) is 0 Å². The Morgan fingerprint density at radius 1 is 1.29 bits per heavy atom. The summed E-state index contributed by atoms with van der Waals surface area (Å²) in [6.45, 7) is 3.77. The molecule has 1 aromatic carbocycles. The number of aromatic nitrogens is 3. The Morgan fingerprint density at radius 2 is 2.14 bits per heavy atom. The molecule has 108 valence electrons. The van der Waals surface area contributed by atoms with Crippen LogP contribution in [0.2, 0.25) is 0 Å². The zero-order valence-corrected chi connectivity index (χ0v) is 13.5. The molecule has 0 saturated carbocycles. The summed E-state index contributed by atoms with van der Waals surface area (Å²) in [5.41, 5.74) is 2.17. The zero-order valence-electron chi connectivity index (χ0n) is 11.9. The second kappa shape index (κ2) is 6.26. The number of halogens is 1. The Morgan fingerprint density at radius 3 is 2.90 bits per heavy atom. The molecule has 2 aromatic heterocycles. The minimum Gasteiger partial charge on any atom is -0.370 e. The molecule has 0 saturated heterocycles. The average Bonchev–Trinajstić information content (AvgIpc) is 2.90. The van der Waals surface area contributed by atoms with Gasteiger partial charge in [-0.1, -0.05) is 25.1 Å². The minimum absolute atomic E-state index is 0.704. The maximum Gasteiger partial charge on any atom is 0.131 e. The van der Waals surface area contributed by atoms with E-state index < -0.39 is 0 Å². The monoisotopic (exact) mass is 344 g/mol. The first-order valence-corrected chi connectivity index (χ1v) is 7.86. The van der Waals surface area contributed by atoms with Gasteiger partial charge in [-0.05, 0) is 34.5 Å². The fraction of sp³-hybridized carbons (Fsp3) is 0.250. The van der Waals surface area contributed by atoms with Crippen LogP contribution in [-0.4, -0.2) is 21.3 Å². The van der Waals surface area contributed by atoms with E-state index in [1.165, 1.54) is 0 Å². The van der Waals surface area contributed by atoms with Crippen LogP contribution in [0.4, 0.5) is 5.82 Å². The Bertz CT molecular complexity index is 751. The Labute approximate surface area is 132 Å². The molecule has 0 unspecified atom stereocenters. The molecule has 1 N–H and O–H groups in total. The van der Waals surface area contributed by atoms with Gasteiger partial charge in [0.25, 0.3) is 0 Å². The number of fused-ring (bicyclic) bond motifs is 1. The predicted molar refractivity (Wildman–Crippen MR) is 89.6 cm³/mol. The summed E-state index contributed by atoms with van der Waals surface area (Å²) < 4.78 is 2.90. The third kappa shape index (κ3) is 3.24. The molecule has 0 aliphatic carbocycles. The quantitative estimate of drug-likeness (QED) is 0.758. The van der Waals surface area contributed by atoms with E-state index in [4.69, 9.17) is 4.98 Å². The van der Waals surface area contributed by atoms with Crippen LogP contribution >= 0.6 is 15.9 Å². The van der Waals surface area contributed by atoms with Crippen LogP contribution in [0.15, 0.2) is 47.2 Å². The molecule has 3 aromatic rings. The largest absolute Gasteiger partial charge is 0.370 e. The highest BCUT2D eigenvalue weighted by Crippen LogP contribution is 2.22. The van der Waals surface area contributed by atoms with Gasteiger partial charge in [-0.25, -0.2) is 4.98 Å². The van der Waals surface area contributed by atoms with Crippen molar-refractivity contribution in [1.82, 2.24) is 14.8 Å². The van der Waals surface area contributed by atoms with Gasteiger partial charge in [-0.15, -0.1) is 0 Å². The molecule has 0 fully saturated rings. The number of benzene rings is 1. The second-order valence-corrected chi connectivity index (χ2v) is 5.89. The van der Waals surface area contributed by atoms with E-state index in [2.05, 4.69) is 45.4 Å². The molecule has 2 heterocycles. The molecule has 0 bridgehead atoms. The molecule has 0 radical (unpaired) electrons. The van der Waals surface area contributed by atoms with Crippen LogP contribution in [0.5, 0.6) is 0 Å². The highest BCUT2D eigenvalue weighted by molar-refractivity contribution is 9.10. The first-order valence-electron chi connectivity index (χ1n) is 7.07. The van der Waals surface area contributed by atoms with E-state index in [0.717, 1.165) is 39.7 Å². The molecule has 0 amide bonds. The first-order chi connectivity index (χ1) is 10.3. The summed E-state index contributed by atoms with van der Waals surface area (Å²) in [6.07, 6.45) is 4.84. The number of nitrogens with one attached hydrogen (secondary N) is 1.